The first-order valence-corrected chi connectivity index (χ1v) is 7.18. The Morgan fingerprint density at radius 3 is 2.74 bits per heavy atom. The summed E-state index contributed by atoms with van der Waals surface area (Å²) in [5.41, 5.74) is -0.882. The van der Waals surface area contributed by atoms with Crippen molar-refractivity contribution >= 4 is 11.9 Å². The van der Waals surface area contributed by atoms with Gasteiger partial charge in [-0.15, -0.1) is 0 Å². The van der Waals surface area contributed by atoms with Crippen molar-refractivity contribution in [1.82, 2.24) is 10.2 Å². The van der Waals surface area contributed by atoms with Crippen LogP contribution in [-0.4, -0.2) is 42.6 Å². The molecule has 1 saturated heterocycles. The summed E-state index contributed by atoms with van der Waals surface area (Å²) in [5, 5.41) is 2.75. The molecule has 0 aromatic carbocycles. The molecule has 1 aliphatic heterocycles. The Morgan fingerprint density at radius 2 is 2.16 bits per heavy atom. The fourth-order valence-corrected chi connectivity index (χ4v) is 3.46. The van der Waals surface area contributed by atoms with Gasteiger partial charge in [-0.1, -0.05) is 19.3 Å². The molecule has 3 amide bonds. The number of nitrogens with zero attached hydrogens (tertiary/aromatic N) is 1. The van der Waals surface area contributed by atoms with Gasteiger partial charge in [0.05, 0.1) is 6.61 Å². The molecule has 0 aromatic heterocycles. The lowest BCUT2D eigenvalue weighted by Crippen LogP contribution is -2.48. The zero-order valence-corrected chi connectivity index (χ0v) is 11.6. The van der Waals surface area contributed by atoms with Crippen molar-refractivity contribution in [3.8, 4) is 0 Å². The number of hydrogen-bond donors (Lipinski definition) is 1. The fourth-order valence-electron chi connectivity index (χ4n) is 3.46. The number of ether oxygens (including phenoxy) is 1. The maximum absolute atomic E-state index is 12.3. The monoisotopic (exact) mass is 266 g/mol. The van der Waals surface area contributed by atoms with E-state index in [0.29, 0.717) is 12.5 Å². The first-order chi connectivity index (χ1) is 9.05. The highest BCUT2D eigenvalue weighted by Gasteiger charge is 2.52. The average Bonchev–Trinajstić information content (AvgIpc) is 2.97. The molecule has 2 aliphatic carbocycles. The molecule has 106 valence electrons. The molecule has 0 aromatic rings. The molecule has 3 atom stereocenters. The van der Waals surface area contributed by atoms with Crippen molar-refractivity contribution in [3.63, 3.8) is 0 Å². The van der Waals surface area contributed by atoms with Crippen molar-refractivity contribution in [3.05, 3.63) is 0 Å². The molecule has 3 fully saturated rings. The highest BCUT2D eigenvalue weighted by atomic mass is 16.5. The van der Waals surface area contributed by atoms with Gasteiger partial charge in [0.2, 0.25) is 0 Å². The SMILES string of the molecule is COCC1(C)NC(=O)N(C[C@@H]2C[C@H]2C2CCC2)C1=O. The summed E-state index contributed by atoms with van der Waals surface area (Å²) < 4.78 is 5.04. The molecule has 3 aliphatic rings. The Labute approximate surface area is 113 Å². The second-order valence-electron chi connectivity index (χ2n) is 6.46. The minimum absolute atomic E-state index is 0.140. The Morgan fingerprint density at radius 1 is 1.42 bits per heavy atom. The predicted molar refractivity (Wildman–Crippen MR) is 69.5 cm³/mol. The molecule has 1 unspecified atom stereocenters. The quantitative estimate of drug-likeness (QED) is 0.765. The minimum atomic E-state index is -0.882. The molecular weight excluding hydrogens is 244 g/mol. The predicted octanol–water partition coefficient (Wildman–Crippen LogP) is 1.38. The molecule has 5 nitrogen and oxygen atoms in total. The third-order valence-electron chi connectivity index (χ3n) is 4.93. The number of methoxy groups -OCH3 is 1. The molecule has 0 spiro atoms. The number of amides is 3. The van der Waals surface area contributed by atoms with E-state index in [9.17, 15) is 9.59 Å². The Kier molecular flexibility index (Phi) is 3.04. The van der Waals surface area contributed by atoms with Crippen LogP contribution in [0.1, 0.15) is 32.6 Å². The topological polar surface area (TPSA) is 58.6 Å². The van der Waals surface area contributed by atoms with Crippen molar-refractivity contribution in [1.29, 1.82) is 0 Å². The van der Waals surface area contributed by atoms with Crippen LogP contribution in [0.15, 0.2) is 0 Å². The number of carbonyl (C=O) groups is 2. The van der Waals surface area contributed by atoms with Crippen LogP contribution in [0.5, 0.6) is 0 Å². The molecule has 1 N–H and O–H groups in total. The zero-order chi connectivity index (χ0) is 13.6. The lowest BCUT2D eigenvalue weighted by molar-refractivity contribution is -0.132. The lowest BCUT2D eigenvalue weighted by atomic mass is 9.81. The number of hydrogen-bond acceptors (Lipinski definition) is 3. The smallest absolute Gasteiger partial charge is 0.325 e. The van der Waals surface area contributed by atoms with Gasteiger partial charge in [0.25, 0.3) is 5.91 Å². The highest BCUT2D eigenvalue weighted by Crippen LogP contribution is 2.52. The van der Waals surface area contributed by atoms with Gasteiger partial charge in [-0.25, -0.2) is 4.79 Å². The van der Waals surface area contributed by atoms with Gasteiger partial charge in [0.15, 0.2) is 0 Å². The molecule has 1 heterocycles. The third-order valence-corrected chi connectivity index (χ3v) is 4.93. The summed E-state index contributed by atoms with van der Waals surface area (Å²) in [6.45, 7) is 2.54. The average molecular weight is 266 g/mol. The Balaban J connectivity index is 1.59. The van der Waals surface area contributed by atoms with Gasteiger partial charge in [-0.3, -0.25) is 9.69 Å². The van der Waals surface area contributed by atoms with Crippen LogP contribution in [0.3, 0.4) is 0 Å². The van der Waals surface area contributed by atoms with Crippen LogP contribution in [-0.2, 0) is 9.53 Å². The van der Waals surface area contributed by atoms with Gasteiger partial charge in [-0.05, 0) is 31.1 Å². The molecule has 0 radical (unpaired) electrons. The second kappa shape index (κ2) is 4.47. The number of carbonyl (C=O) groups excluding carboxylic acids is 2. The summed E-state index contributed by atoms with van der Waals surface area (Å²) >= 11 is 0. The van der Waals surface area contributed by atoms with E-state index < -0.39 is 5.54 Å². The summed E-state index contributed by atoms with van der Waals surface area (Å²) in [6, 6.07) is -0.260. The lowest BCUT2D eigenvalue weighted by Gasteiger charge is -2.26. The summed E-state index contributed by atoms with van der Waals surface area (Å²) in [5.74, 6) is 2.00. The second-order valence-corrected chi connectivity index (χ2v) is 6.46. The van der Waals surface area contributed by atoms with Crippen LogP contribution in [0.4, 0.5) is 4.79 Å². The normalized spacial score (nSPS) is 38.3. The van der Waals surface area contributed by atoms with Gasteiger partial charge in [0, 0.05) is 13.7 Å². The first-order valence-electron chi connectivity index (χ1n) is 7.18. The van der Waals surface area contributed by atoms with Gasteiger partial charge < -0.3 is 10.1 Å². The molecule has 2 saturated carbocycles. The summed E-state index contributed by atoms with van der Waals surface area (Å²) in [4.78, 5) is 25.6. The Hall–Kier alpha value is -1.10. The van der Waals surface area contributed by atoms with E-state index in [1.54, 1.807) is 14.0 Å². The van der Waals surface area contributed by atoms with Crippen LogP contribution >= 0.6 is 0 Å². The van der Waals surface area contributed by atoms with Crippen LogP contribution in [0.2, 0.25) is 0 Å². The van der Waals surface area contributed by atoms with Crippen molar-refractivity contribution in [2.24, 2.45) is 17.8 Å². The maximum atomic E-state index is 12.3. The van der Waals surface area contributed by atoms with E-state index in [4.69, 9.17) is 4.74 Å². The van der Waals surface area contributed by atoms with Crippen molar-refractivity contribution < 1.29 is 14.3 Å². The van der Waals surface area contributed by atoms with Gasteiger partial charge in [-0.2, -0.15) is 0 Å². The minimum Gasteiger partial charge on any atom is -0.382 e. The number of imide groups is 1. The number of urea groups is 1. The standard InChI is InChI=1S/C14H22N2O3/c1-14(8-19-2)12(17)16(13(18)15-14)7-10-6-11(10)9-4-3-5-9/h9-11H,3-8H2,1-2H3,(H,15,18)/t10-,11-,14?/m0/s1. The molecule has 0 bridgehead atoms. The van der Waals surface area contributed by atoms with E-state index in [1.807, 2.05) is 0 Å². The largest absolute Gasteiger partial charge is 0.382 e. The number of nitrogens with one attached hydrogen (secondary N) is 1. The van der Waals surface area contributed by atoms with E-state index >= 15 is 0 Å². The van der Waals surface area contributed by atoms with Crippen molar-refractivity contribution in [2.45, 2.75) is 38.1 Å². The molecular formula is C14H22N2O3. The molecule has 3 rings (SSSR count). The van der Waals surface area contributed by atoms with Crippen molar-refractivity contribution in [2.75, 3.05) is 20.3 Å². The van der Waals surface area contributed by atoms with Gasteiger partial charge >= 0.3 is 6.03 Å². The van der Waals surface area contributed by atoms with Crippen LogP contribution < -0.4 is 5.32 Å². The van der Waals surface area contributed by atoms with E-state index in [0.717, 1.165) is 11.8 Å². The van der Waals surface area contributed by atoms with E-state index in [-0.39, 0.29) is 18.5 Å². The third kappa shape index (κ3) is 2.14. The molecule has 19 heavy (non-hydrogen) atoms. The van der Waals surface area contributed by atoms with E-state index in [1.165, 1.54) is 30.6 Å². The summed E-state index contributed by atoms with van der Waals surface area (Å²) in [7, 11) is 1.54. The first kappa shape index (κ1) is 12.9. The summed E-state index contributed by atoms with van der Waals surface area (Å²) in [6.07, 6.45) is 5.21. The number of rotatable bonds is 5. The van der Waals surface area contributed by atoms with E-state index in [2.05, 4.69) is 5.32 Å². The van der Waals surface area contributed by atoms with Crippen LogP contribution in [0, 0.1) is 17.8 Å². The fraction of sp³-hybridized carbons (Fsp3) is 0.857. The highest BCUT2D eigenvalue weighted by molar-refractivity contribution is 6.06. The maximum Gasteiger partial charge on any atom is 0.325 e. The van der Waals surface area contributed by atoms with Crippen LogP contribution in [0.25, 0.3) is 0 Å². The zero-order valence-electron chi connectivity index (χ0n) is 11.6. The Bertz CT molecular complexity index is 407. The molecule has 5 heteroatoms. The van der Waals surface area contributed by atoms with Gasteiger partial charge in [0.1, 0.15) is 5.54 Å².